The Bertz CT molecular complexity index is 1090. The van der Waals surface area contributed by atoms with Crippen molar-refractivity contribution in [2.45, 2.75) is 13.0 Å². The van der Waals surface area contributed by atoms with Crippen LogP contribution < -0.4 is 5.32 Å². The van der Waals surface area contributed by atoms with E-state index in [2.05, 4.69) is 15.5 Å². The molecule has 0 saturated carbocycles. The molecule has 1 unspecified atom stereocenters. The van der Waals surface area contributed by atoms with Crippen LogP contribution >= 0.6 is 11.3 Å². The number of aromatic nitrogens is 2. The summed E-state index contributed by atoms with van der Waals surface area (Å²) in [5.74, 6) is -0.0306. The van der Waals surface area contributed by atoms with Crippen molar-refractivity contribution in [3.8, 4) is 11.5 Å². The van der Waals surface area contributed by atoms with Gasteiger partial charge < -0.3 is 9.73 Å². The van der Waals surface area contributed by atoms with Gasteiger partial charge in [-0.25, -0.2) is 4.39 Å². The third-order valence-electron chi connectivity index (χ3n) is 4.26. The van der Waals surface area contributed by atoms with Gasteiger partial charge in [0.2, 0.25) is 11.8 Å². The molecule has 140 valence electrons. The van der Waals surface area contributed by atoms with Crippen molar-refractivity contribution >= 4 is 17.2 Å². The minimum Gasteiger partial charge on any atom is -0.418 e. The number of thiophene rings is 1. The molecule has 0 bridgehead atoms. The van der Waals surface area contributed by atoms with Crippen molar-refractivity contribution in [3.63, 3.8) is 0 Å². The van der Waals surface area contributed by atoms with Crippen LogP contribution in [0.4, 0.5) is 4.39 Å². The van der Waals surface area contributed by atoms with Gasteiger partial charge in [0.25, 0.3) is 5.91 Å². The highest BCUT2D eigenvalue weighted by atomic mass is 32.1. The van der Waals surface area contributed by atoms with Gasteiger partial charge in [0, 0.05) is 5.56 Å². The summed E-state index contributed by atoms with van der Waals surface area (Å²) in [5.41, 5.74) is 2.31. The van der Waals surface area contributed by atoms with Gasteiger partial charge in [0.05, 0.1) is 4.88 Å². The number of amides is 1. The van der Waals surface area contributed by atoms with Crippen LogP contribution in [0.1, 0.15) is 32.7 Å². The molecule has 7 heteroatoms. The summed E-state index contributed by atoms with van der Waals surface area (Å²) >= 11 is 1.36. The van der Waals surface area contributed by atoms with E-state index in [0.717, 1.165) is 11.1 Å². The molecule has 5 nitrogen and oxygen atoms in total. The van der Waals surface area contributed by atoms with E-state index in [-0.39, 0.29) is 17.6 Å². The lowest BCUT2D eigenvalue weighted by Crippen LogP contribution is -2.29. The summed E-state index contributed by atoms with van der Waals surface area (Å²) in [6.07, 6.45) is 0. The van der Waals surface area contributed by atoms with Gasteiger partial charge in [-0.15, -0.1) is 21.5 Å². The molecule has 1 amide bonds. The second-order valence-corrected chi connectivity index (χ2v) is 7.12. The molecule has 0 spiro atoms. The Morgan fingerprint density at radius 2 is 1.82 bits per heavy atom. The molecule has 4 rings (SSSR count). The van der Waals surface area contributed by atoms with Crippen LogP contribution in [0, 0.1) is 12.7 Å². The smallest absolute Gasteiger partial charge is 0.262 e. The number of carbonyl (C=O) groups is 1. The summed E-state index contributed by atoms with van der Waals surface area (Å²) in [4.78, 5) is 13.4. The Morgan fingerprint density at radius 1 is 1.07 bits per heavy atom. The predicted octanol–water partition coefficient (Wildman–Crippen LogP) is 4.77. The summed E-state index contributed by atoms with van der Waals surface area (Å²) < 4.78 is 19.2. The Morgan fingerprint density at radius 3 is 2.50 bits per heavy atom. The first kappa shape index (κ1) is 18.1. The Labute approximate surface area is 164 Å². The quantitative estimate of drug-likeness (QED) is 0.531. The fourth-order valence-corrected chi connectivity index (χ4v) is 3.62. The Balaban J connectivity index is 1.69. The average molecular weight is 393 g/mol. The van der Waals surface area contributed by atoms with Gasteiger partial charge in [-0.2, -0.15) is 0 Å². The lowest BCUT2D eigenvalue weighted by molar-refractivity contribution is 0.0941. The first-order valence-corrected chi connectivity index (χ1v) is 9.49. The molecule has 2 heterocycles. The second kappa shape index (κ2) is 7.74. The van der Waals surface area contributed by atoms with Crippen molar-refractivity contribution < 1.29 is 13.6 Å². The van der Waals surface area contributed by atoms with E-state index < -0.39 is 6.04 Å². The van der Waals surface area contributed by atoms with E-state index in [9.17, 15) is 9.18 Å². The molecule has 0 aliphatic heterocycles. The van der Waals surface area contributed by atoms with Crippen LogP contribution in [-0.4, -0.2) is 16.1 Å². The maximum absolute atomic E-state index is 13.4. The molecule has 0 fully saturated rings. The molecule has 0 aliphatic rings. The van der Waals surface area contributed by atoms with E-state index in [1.807, 2.05) is 48.7 Å². The summed E-state index contributed by atoms with van der Waals surface area (Å²) in [6.45, 7) is 1.87. The highest BCUT2D eigenvalue weighted by Crippen LogP contribution is 2.26. The van der Waals surface area contributed by atoms with Crippen LogP contribution in [0.3, 0.4) is 0 Å². The molecule has 2 aromatic heterocycles. The van der Waals surface area contributed by atoms with Crippen LogP contribution in [0.2, 0.25) is 0 Å². The number of rotatable bonds is 5. The monoisotopic (exact) mass is 393 g/mol. The molecule has 1 N–H and O–H groups in total. The molecule has 0 radical (unpaired) electrons. The van der Waals surface area contributed by atoms with E-state index in [1.54, 1.807) is 12.1 Å². The maximum Gasteiger partial charge on any atom is 0.262 e. The van der Waals surface area contributed by atoms with Gasteiger partial charge in [0.15, 0.2) is 0 Å². The number of nitrogens with zero attached hydrogens (tertiary/aromatic N) is 2. The first-order chi connectivity index (χ1) is 13.6. The topological polar surface area (TPSA) is 68.0 Å². The third kappa shape index (κ3) is 3.70. The van der Waals surface area contributed by atoms with Gasteiger partial charge in [0.1, 0.15) is 11.9 Å². The van der Waals surface area contributed by atoms with Crippen LogP contribution in [0.15, 0.2) is 70.5 Å². The maximum atomic E-state index is 13.4. The van der Waals surface area contributed by atoms with Crippen molar-refractivity contribution in [1.29, 1.82) is 0 Å². The zero-order chi connectivity index (χ0) is 19.5. The average Bonchev–Trinajstić information content (AvgIpc) is 3.37. The van der Waals surface area contributed by atoms with Crippen LogP contribution in [0.5, 0.6) is 0 Å². The fraction of sp³-hybridized carbons (Fsp3) is 0.0952. The van der Waals surface area contributed by atoms with E-state index in [1.165, 1.54) is 23.5 Å². The number of hydrogen-bond donors (Lipinski definition) is 1. The lowest BCUT2D eigenvalue weighted by Gasteiger charge is -2.15. The highest BCUT2D eigenvalue weighted by molar-refractivity contribution is 7.12. The van der Waals surface area contributed by atoms with E-state index in [0.29, 0.717) is 16.3 Å². The largest absolute Gasteiger partial charge is 0.418 e. The van der Waals surface area contributed by atoms with Gasteiger partial charge in [-0.05, 0) is 53.8 Å². The molecule has 0 saturated heterocycles. The van der Waals surface area contributed by atoms with Crippen molar-refractivity contribution in [2.75, 3.05) is 0 Å². The van der Waals surface area contributed by atoms with Gasteiger partial charge in [-0.1, -0.05) is 30.3 Å². The first-order valence-electron chi connectivity index (χ1n) is 8.61. The molecular formula is C21H16FN3O2S. The number of halogens is 1. The molecule has 4 aromatic rings. The van der Waals surface area contributed by atoms with Gasteiger partial charge >= 0.3 is 0 Å². The highest BCUT2D eigenvalue weighted by Gasteiger charge is 2.25. The van der Waals surface area contributed by atoms with Crippen molar-refractivity contribution in [1.82, 2.24) is 15.5 Å². The predicted molar refractivity (Wildman–Crippen MR) is 104 cm³/mol. The molecule has 1 atom stereocenters. The van der Waals surface area contributed by atoms with Crippen molar-refractivity contribution in [2.24, 2.45) is 0 Å². The zero-order valence-corrected chi connectivity index (χ0v) is 15.7. The summed E-state index contributed by atoms with van der Waals surface area (Å²) in [6, 6.07) is 16.4. The molecule has 0 aliphatic carbocycles. The van der Waals surface area contributed by atoms with Crippen LogP contribution in [-0.2, 0) is 0 Å². The second-order valence-electron chi connectivity index (χ2n) is 6.20. The molecule has 28 heavy (non-hydrogen) atoms. The number of nitrogens with one attached hydrogen (secondary N) is 1. The van der Waals surface area contributed by atoms with Crippen LogP contribution in [0.25, 0.3) is 11.5 Å². The normalized spacial score (nSPS) is 11.9. The number of hydrogen-bond acceptors (Lipinski definition) is 5. The number of aryl methyl sites for hydroxylation is 1. The van der Waals surface area contributed by atoms with Crippen molar-refractivity contribution in [3.05, 3.63) is 93.8 Å². The summed E-state index contributed by atoms with van der Waals surface area (Å²) in [5, 5.41) is 13.0. The summed E-state index contributed by atoms with van der Waals surface area (Å²) in [7, 11) is 0. The zero-order valence-electron chi connectivity index (χ0n) is 14.9. The van der Waals surface area contributed by atoms with E-state index in [4.69, 9.17) is 4.42 Å². The van der Waals surface area contributed by atoms with E-state index >= 15 is 0 Å². The lowest BCUT2D eigenvalue weighted by atomic mass is 10.1. The minimum absolute atomic E-state index is 0.230. The van der Waals surface area contributed by atoms with Gasteiger partial charge in [-0.3, -0.25) is 4.79 Å². The Kier molecular flexibility index (Phi) is 4.99. The third-order valence-corrected chi connectivity index (χ3v) is 5.27. The Hall–Kier alpha value is -3.32. The SMILES string of the molecule is Cc1ccsc1C(=O)NC(c1ccc(F)cc1)c1nnc(-c2ccccc2)o1. The molecular weight excluding hydrogens is 377 g/mol. The fourth-order valence-electron chi connectivity index (χ4n) is 2.79. The minimum atomic E-state index is -0.695. The number of benzene rings is 2. The molecule has 2 aromatic carbocycles. The number of carbonyl (C=O) groups excluding carboxylic acids is 1. The standard InChI is InChI=1S/C21H16FN3O2S/c1-13-11-12-28-18(13)19(26)23-17(14-7-9-16(22)10-8-14)21-25-24-20(27-21)15-5-3-2-4-6-15/h2-12,17H,1H3,(H,23,26).